The number of fused-ring (bicyclic) bond motifs is 12. The van der Waals surface area contributed by atoms with E-state index in [0.717, 1.165) is 66.7 Å². The Morgan fingerprint density at radius 3 is 1.77 bits per heavy atom. The predicted molar refractivity (Wildman–Crippen MR) is 298 cm³/mol. The first-order valence-corrected chi connectivity index (χ1v) is 25.1. The van der Waals surface area contributed by atoms with Gasteiger partial charge in [-0.15, -0.1) is 29.7 Å². The minimum absolute atomic E-state index is 0. The van der Waals surface area contributed by atoms with Gasteiger partial charge in [0, 0.05) is 49.8 Å². The maximum Gasteiger partial charge on any atom is 0.268 e. The molecule has 0 spiro atoms. The quantitative estimate of drug-likeness (QED) is 0.123. The summed E-state index contributed by atoms with van der Waals surface area (Å²) in [5.74, 6) is 1.99. The monoisotopic (exact) mass is 1140 g/mol. The van der Waals surface area contributed by atoms with Crippen molar-refractivity contribution in [3.8, 4) is 84.3 Å². The van der Waals surface area contributed by atoms with Crippen LogP contribution in [0.1, 0.15) is 52.7 Å². The van der Waals surface area contributed by atoms with Crippen molar-refractivity contribution < 1.29 is 30.4 Å². The standard InChI is InChI=1S/C68H52N4O.Pt/c1-67(2,3)45-37-38-69-63(39-45)72-59-32-17-16-30-54(59)55-36-35-48(41-62(55)72)73-47-24-20-23-46(40-47)70-43-71(61-34-19-18-33-60(61)70)66-64(44-21-8-7-9-22-44)58(68(4,5)6)42-57-53-29-13-12-27-51(53)49-25-10-11-26-50(49)52-28-14-15-31-56(52)65(57)66;/h7-39,42H,1-6H3;/q-2;. The normalized spacial score (nSPS) is 12.1. The summed E-state index contributed by atoms with van der Waals surface area (Å²) in [5.41, 5.74) is 19.8. The Balaban J connectivity index is 0.00000556. The third-order valence-corrected chi connectivity index (χ3v) is 14.5. The first-order valence-electron chi connectivity index (χ1n) is 25.1. The van der Waals surface area contributed by atoms with Gasteiger partial charge in [-0.3, -0.25) is 4.57 Å². The van der Waals surface area contributed by atoms with Gasteiger partial charge in [-0.05, 0) is 101 Å². The molecule has 3 heterocycles. The molecular formula is C68H52N4OPt-2. The van der Waals surface area contributed by atoms with E-state index in [-0.39, 0.29) is 31.9 Å². The van der Waals surface area contributed by atoms with Crippen LogP contribution in [0.25, 0.3) is 106 Å². The van der Waals surface area contributed by atoms with E-state index in [0.29, 0.717) is 11.5 Å². The molecule has 0 radical (unpaired) electrons. The van der Waals surface area contributed by atoms with Crippen LogP contribution in [-0.2, 0) is 31.9 Å². The topological polar surface area (TPSA) is 35.9 Å². The van der Waals surface area contributed by atoms with Gasteiger partial charge in [0.15, 0.2) is 0 Å². The first kappa shape index (κ1) is 46.9. The van der Waals surface area contributed by atoms with Crippen LogP contribution in [0.5, 0.6) is 11.5 Å². The molecule has 6 heteroatoms. The smallest absolute Gasteiger partial charge is 0.268 e. The van der Waals surface area contributed by atoms with Gasteiger partial charge < -0.3 is 13.9 Å². The third kappa shape index (κ3) is 7.81. The largest absolute Gasteiger partial charge is 0.510 e. The summed E-state index contributed by atoms with van der Waals surface area (Å²) in [7, 11) is 0. The Labute approximate surface area is 447 Å². The molecule has 0 fully saturated rings. The molecule has 0 unspecified atom stereocenters. The second-order valence-corrected chi connectivity index (χ2v) is 21.2. The van der Waals surface area contributed by atoms with E-state index in [9.17, 15) is 0 Å². The van der Waals surface area contributed by atoms with Crippen LogP contribution in [0, 0.1) is 18.5 Å². The molecule has 0 aliphatic heterocycles. The van der Waals surface area contributed by atoms with Gasteiger partial charge in [0.1, 0.15) is 5.82 Å². The number of hydrogen-bond donors (Lipinski definition) is 0. The number of nitrogens with zero attached hydrogens (tertiary/aromatic N) is 4. The Morgan fingerprint density at radius 2 is 1.08 bits per heavy atom. The Hall–Kier alpha value is -8.11. The fraction of sp³-hybridized carbons (Fsp3) is 0.118. The number of pyridine rings is 1. The van der Waals surface area contributed by atoms with E-state index in [4.69, 9.17) is 9.72 Å². The average Bonchev–Trinajstić information content (AvgIpc) is 3.96. The fourth-order valence-electron chi connectivity index (χ4n) is 11.0. The minimum atomic E-state index is -0.247. The molecule has 0 N–H and O–H groups in total. The van der Waals surface area contributed by atoms with Gasteiger partial charge in [-0.1, -0.05) is 199 Å². The molecule has 0 saturated carbocycles. The van der Waals surface area contributed by atoms with Gasteiger partial charge in [-0.2, -0.15) is 18.2 Å². The number of para-hydroxylation sites is 3. The van der Waals surface area contributed by atoms with Gasteiger partial charge in [0.05, 0.1) is 16.7 Å². The van der Waals surface area contributed by atoms with Crippen LogP contribution in [0.4, 0.5) is 0 Å². The SMILES string of the molecule is CC(C)(C)c1ccnc(-n2c3[c-]c(Oc4[c-]c(-n5[c-][n+](-c6c7c(cc(C(C)(C)C)c6-c6ccccc6)-c6ccccc6-c6ccccc6-c6ccccc6-7)c6ccccc65)ccc4)ccc3c3ccccc32)c1.[Pt]. The molecular weight excluding hydrogens is 1080 g/mol. The summed E-state index contributed by atoms with van der Waals surface area (Å²) in [4.78, 5) is 4.89. The Kier molecular flexibility index (Phi) is 11.5. The molecule has 74 heavy (non-hydrogen) atoms. The van der Waals surface area contributed by atoms with Crippen LogP contribution in [0.2, 0.25) is 0 Å². The van der Waals surface area contributed by atoms with E-state index < -0.39 is 0 Å². The van der Waals surface area contributed by atoms with Crippen LogP contribution in [-0.4, -0.2) is 14.1 Å². The molecule has 1 aliphatic rings. The molecule has 9 aromatic carbocycles. The summed E-state index contributed by atoms with van der Waals surface area (Å²) in [6.45, 7) is 13.7. The average molecular weight is 1140 g/mol. The third-order valence-electron chi connectivity index (χ3n) is 14.5. The van der Waals surface area contributed by atoms with Crippen LogP contribution < -0.4 is 9.30 Å². The van der Waals surface area contributed by atoms with E-state index >= 15 is 0 Å². The number of aromatic nitrogens is 4. The fourth-order valence-corrected chi connectivity index (χ4v) is 11.0. The molecule has 3 aromatic heterocycles. The van der Waals surface area contributed by atoms with Gasteiger partial charge >= 0.3 is 0 Å². The molecule has 5 nitrogen and oxygen atoms in total. The molecule has 0 atom stereocenters. The number of imidazole rings is 1. The van der Waals surface area contributed by atoms with Crippen molar-refractivity contribution in [3.63, 3.8) is 0 Å². The van der Waals surface area contributed by atoms with Crippen molar-refractivity contribution in [2.45, 2.75) is 52.4 Å². The zero-order chi connectivity index (χ0) is 49.6. The van der Waals surface area contributed by atoms with Gasteiger partial charge in [0.2, 0.25) is 0 Å². The van der Waals surface area contributed by atoms with Crippen molar-refractivity contribution >= 4 is 32.8 Å². The molecule has 0 amide bonds. The maximum atomic E-state index is 6.77. The number of rotatable bonds is 6. The zero-order valence-corrected chi connectivity index (χ0v) is 44.4. The van der Waals surface area contributed by atoms with Crippen molar-refractivity contribution in [2.75, 3.05) is 0 Å². The maximum absolute atomic E-state index is 6.77. The number of hydrogen-bond acceptors (Lipinski definition) is 2. The van der Waals surface area contributed by atoms with Crippen LogP contribution in [0.15, 0.2) is 206 Å². The molecule has 362 valence electrons. The van der Waals surface area contributed by atoms with Gasteiger partial charge in [-0.25, -0.2) is 4.98 Å². The summed E-state index contributed by atoms with van der Waals surface area (Å²) in [6.07, 6.45) is 5.87. The Bertz CT molecular complexity index is 4150. The van der Waals surface area contributed by atoms with E-state index in [1.165, 1.54) is 50.1 Å². The molecule has 13 rings (SSSR count). The van der Waals surface area contributed by atoms with Gasteiger partial charge in [0.25, 0.3) is 6.33 Å². The van der Waals surface area contributed by atoms with E-state index in [2.05, 4.69) is 256 Å². The second kappa shape index (κ2) is 18.1. The number of benzene rings is 9. The molecule has 12 aromatic rings. The van der Waals surface area contributed by atoms with Crippen molar-refractivity contribution in [1.82, 2.24) is 14.1 Å². The van der Waals surface area contributed by atoms with Crippen molar-refractivity contribution in [1.29, 1.82) is 0 Å². The van der Waals surface area contributed by atoms with Crippen molar-refractivity contribution in [2.24, 2.45) is 0 Å². The summed E-state index contributed by atoms with van der Waals surface area (Å²) in [5, 5.41) is 2.21. The molecule has 0 bridgehead atoms. The summed E-state index contributed by atoms with van der Waals surface area (Å²) in [6, 6.07) is 79.0. The van der Waals surface area contributed by atoms with Crippen LogP contribution >= 0.6 is 0 Å². The summed E-state index contributed by atoms with van der Waals surface area (Å²) < 4.78 is 13.4. The van der Waals surface area contributed by atoms with Crippen molar-refractivity contribution in [3.05, 3.63) is 236 Å². The number of ether oxygens (including phenoxy) is 1. The minimum Gasteiger partial charge on any atom is -0.510 e. The molecule has 0 saturated heterocycles. The summed E-state index contributed by atoms with van der Waals surface area (Å²) >= 11 is 0. The van der Waals surface area contributed by atoms with E-state index in [1.54, 1.807) is 0 Å². The van der Waals surface area contributed by atoms with E-state index in [1.807, 2.05) is 24.4 Å². The Morgan fingerprint density at radius 1 is 0.486 bits per heavy atom. The first-order chi connectivity index (χ1) is 35.5. The zero-order valence-electron chi connectivity index (χ0n) is 42.1. The molecule has 1 aliphatic carbocycles. The van der Waals surface area contributed by atoms with Crippen LogP contribution in [0.3, 0.4) is 0 Å². The second-order valence-electron chi connectivity index (χ2n) is 21.2. The predicted octanol–water partition coefficient (Wildman–Crippen LogP) is 16.8.